The monoisotopic (exact) mass is 341 g/mol. The molecular formula is C17H19N5O3. The molecule has 3 aromatic heterocycles. The van der Waals surface area contributed by atoms with Gasteiger partial charge in [0.25, 0.3) is 5.56 Å². The van der Waals surface area contributed by atoms with E-state index >= 15 is 0 Å². The van der Waals surface area contributed by atoms with Crippen LogP contribution in [0.25, 0.3) is 16.9 Å². The maximum Gasteiger partial charge on any atom is 0.323 e. The second-order valence-electron chi connectivity index (χ2n) is 5.84. The lowest BCUT2D eigenvalue weighted by Crippen LogP contribution is -2.34. The number of ether oxygens (including phenoxy) is 1. The minimum absolute atomic E-state index is 0.200. The van der Waals surface area contributed by atoms with Gasteiger partial charge in [0.15, 0.2) is 0 Å². The highest BCUT2D eigenvalue weighted by Crippen LogP contribution is 2.21. The van der Waals surface area contributed by atoms with E-state index in [0.29, 0.717) is 23.3 Å². The molecule has 0 unspecified atom stereocenters. The van der Waals surface area contributed by atoms with E-state index in [1.54, 1.807) is 31.7 Å². The highest BCUT2D eigenvalue weighted by molar-refractivity contribution is 5.77. The summed E-state index contributed by atoms with van der Waals surface area (Å²) in [6, 6.07) is 2.83. The third-order valence-electron chi connectivity index (χ3n) is 4.01. The molecule has 1 atom stereocenters. The molecule has 25 heavy (non-hydrogen) atoms. The topological polar surface area (TPSA) is 105 Å². The normalized spacial score (nSPS) is 12.3. The number of pyridine rings is 1. The van der Waals surface area contributed by atoms with Crippen molar-refractivity contribution in [2.75, 3.05) is 7.11 Å². The van der Waals surface area contributed by atoms with Gasteiger partial charge < -0.3 is 19.4 Å². The lowest BCUT2D eigenvalue weighted by atomic mass is 10.1. The van der Waals surface area contributed by atoms with Crippen molar-refractivity contribution in [2.24, 2.45) is 12.8 Å². The van der Waals surface area contributed by atoms with Gasteiger partial charge in [-0.3, -0.25) is 9.59 Å². The van der Waals surface area contributed by atoms with E-state index in [4.69, 9.17) is 5.73 Å². The SMILES string of the molecule is COC(=O)[C@@H](N)Cc1ccc(-c2nc(C)cn(C)c2=O)c2nccn12. The molecule has 0 aliphatic heterocycles. The van der Waals surface area contributed by atoms with Gasteiger partial charge >= 0.3 is 5.97 Å². The summed E-state index contributed by atoms with van der Waals surface area (Å²) in [5.41, 5.74) is 8.74. The first kappa shape index (κ1) is 16.8. The van der Waals surface area contributed by atoms with Crippen molar-refractivity contribution in [1.82, 2.24) is 18.9 Å². The molecule has 0 aromatic carbocycles. The number of rotatable bonds is 4. The number of fused-ring (bicyclic) bond motifs is 1. The molecule has 3 heterocycles. The standard InChI is InChI=1S/C17H19N5O3/c1-10-9-21(2)16(23)14(20-10)12-5-4-11(8-13(18)17(24)25-3)22-7-6-19-15(12)22/h4-7,9,13H,8,18H2,1-3H3/t13-/m0/s1. The average Bonchev–Trinajstić information content (AvgIpc) is 3.08. The van der Waals surface area contributed by atoms with E-state index in [1.165, 1.54) is 11.7 Å². The molecule has 0 saturated heterocycles. The van der Waals surface area contributed by atoms with Crippen molar-refractivity contribution >= 4 is 11.6 Å². The predicted molar refractivity (Wildman–Crippen MR) is 92.1 cm³/mol. The van der Waals surface area contributed by atoms with Crippen LogP contribution in [0.3, 0.4) is 0 Å². The second kappa shape index (κ2) is 6.48. The van der Waals surface area contributed by atoms with Crippen LogP contribution in [0.1, 0.15) is 11.4 Å². The molecule has 130 valence electrons. The van der Waals surface area contributed by atoms with Gasteiger partial charge in [-0.05, 0) is 19.1 Å². The summed E-state index contributed by atoms with van der Waals surface area (Å²) in [4.78, 5) is 32.8. The Kier molecular flexibility index (Phi) is 4.37. The predicted octanol–water partition coefficient (Wildman–Crippen LogP) is 0.446. The van der Waals surface area contributed by atoms with Crippen molar-refractivity contribution < 1.29 is 9.53 Å². The number of esters is 1. The zero-order valence-electron chi connectivity index (χ0n) is 14.3. The number of carbonyl (C=O) groups is 1. The van der Waals surface area contributed by atoms with Crippen LogP contribution < -0.4 is 11.3 Å². The number of hydrogen-bond donors (Lipinski definition) is 1. The fourth-order valence-corrected chi connectivity index (χ4v) is 2.81. The van der Waals surface area contributed by atoms with Crippen LogP contribution in [0.4, 0.5) is 0 Å². The molecule has 0 bridgehead atoms. The fraction of sp³-hybridized carbons (Fsp3) is 0.294. The van der Waals surface area contributed by atoms with Gasteiger partial charge in [0.05, 0.1) is 12.8 Å². The Bertz CT molecular complexity index is 1010. The minimum atomic E-state index is -0.772. The second-order valence-corrected chi connectivity index (χ2v) is 5.84. The van der Waals surface area contributed by atoms with Crippen LogP contribution in [-0.2, 0) is 23.0 Å². The van der Waals surface area contributed by atoms with Gasteiger partial charge in [-0.2, -0.15) is 0 Å². The number of aromatic nitrogens is 4. The van der Waals surface area contributed by atoms with E-state index in [9.17, 15) is 9.59 Å². The van der Waals surface area contributed by atoms with E-state index in [1.807, 2.05) is 17.4 Å². The first-order valence-corrected chi connectivity index (χ1v) is 7.75. The zero-order valence-corrected chi connectivity index (χ0v) is 14.3. The summed E-state index contributed by atoms with van der Waals surface area (Å²) in [6.07, 6.45) is 5.36. The fourth-order valence-electron chi connectivity index (χ4n) is 2.81. The number of carbonyl (C=O) groups excluding carboxylic acids is 1. The minimum Gasteiger partial charge on any atom is -0.468 e. The summed E-state index contributed by atoms with van der Waals surface area (Å²) in [6.45, 7) is 1.83. The highest BCUT2D eigenvalue weighted by Gasteiger charge is 2.19. The van der Waals surface area contributed by atoms with Crippen LogP contribution in [-0.4, -0.2) is 38.1 Å². The molecule has 8 heteroatoms. The van der Waals surface area contributed by atoms with E-state index in [2.05, 4.69) is 14.7 Å². The van der Waals surface area contributed by atoms with E-state index in [-0.39, 0.29) is 5.56 Å². The van der Waals surface area contributed by atoms with Crippen LogP contribution in [0.5, 0.6) is 0 Å². The number of hydrogen-bond acceptors (Lipinski definition) is 6. The Morgan fingerprint density at radius 2 is 2.16 bits per heavy atom. The Balaban J connectivity index is 2.13. The Hall–Kier alpha value is -3.00. The zero-order chi connectivity index (χ0) is 18.1. The van der Waals surface area contributed by atoms with Gasteiger partial charge in [0.2, 0.25) is 0 Å². The first-order valence-electron chi connectivity index (χ1n) is 7.75. The number of imidazole rings is 1. The molecule has 3 rings (SSSR count). The number of nitrogens with two attached hydrogens (primary N) is 1. The third kappa shape index (κ3) is 3.03. The number of nitrogens with zero attached hydrogens (tertiary/aromatic N) is 4. The van der Waals surface area contributed by atoms with Gasteiger partial charge in [0.1, 0.15) is 17.4 Å². The number of aryl methyl sites for hydroxylation is 2. The van der Waals surface area contributed by atoms with Gasteiger partial charge in [-0.1, -0.05) is 0 Å². The summed E-state index contributed by atoms with van der Waals surface area (Å²) >= 11 is 0. The van der Waals surface area contributed by atoms with Crippen molar-refractivity contribution in [1.29, 1.82) is 0 Å². The molecular weight excluding hydrogens is 322 g/mol. The molecule has 0 aliphatic rings. The van der Waals surface area contributed by atoms with Crippen molar-refractivity contribution in [3.63, 3.8) is 0 Å². The molecule has 0 spiro atoms. The molecule has 0 amide bonds. The highest BCUT2D eigenvalue weighted by atomic mass is 16.5. The maximum atomic E-state index is 12.5. The molecule has 0 radical (unpaired) electrons. The molecule has 3 aromatic rings. The molecule has 8 nitrogen and oxygen atoms in total. The van der Waals surface area contributed by atoms with Crippen LogP contribution >= 0.6 is 0 Å². The lowest BCUT2D eigenvalue weighted by molar-refractivity contribution is -0.142. The van der Waals surface area contributed by atoms with Crippen LogP contribution in [0.2, 0.25) is 0 Å². The van der Waals surface area contributed by atoms with Crippen molar-refractivity contribution in [3.05, 3.63) is 52.5 Å². The molecule has 0 fully saturated rings. The third-order valence-corrected chi connectivity index (χ3v) is 4.01. The largest absolute Gasteiger partial charge is 0.468 e. The molecule has 0 saturated carbocycles. The van der Waals surface area contributed by atoms with Crippen molar-refractivity contribution in [3.8, 4) is 11.3 Å². The average molecular weight is 341 g/mol. The van der Waals surface area contributed by atoms with E-state index in [0.717, 1.165) is 11.4 Å². The van der Waals surface area contributed by atoms with Crippen LogP contribution in [0, 0.1) is 6.92 Å². The lowest BCUT2D eigenvalue weighted by Gasteiger charge is -2.13. The summed E-state index contributed by atoms with van der Waals surface area (Å²) in [5, 5.41) is 0. The van der Waals surface area contributed by atoms with Gasteiger partial charge in [-0.15, -0.1) is 0 Å². The maximum absolute atomic E-state index is 12.5. The summed E-state index contributed by atoms with van der Waals surface area (Å²) < 4.78 is 7.98. The Labute approximate surface area is 143 Å². The number of methoxy groups -OCH3 is 1. The summed E-state index contributed by atoms with van der Waals surface area (Å²) in [7, 11) is 2.99. The van der Waals surface area contributed by atoms with E-state index < -0.39 is 12.0 Å². The van der Waals surface area contributed by atoms with Gasteiger partial charge in [0, 0.05) is 43.3 Å². The van der Waals surface area contributed by atoms with Crippen LogP contribution in [0.15, 0.2) is 35.5 Å². The Morgan fingerprint density at radius 1 is 1.40 bits per heavy atom. The summed E-state index contributed by atoms with van der Waals surface area (Å²) in [5.74, 6) is -0.480. The van der Waals surface area contributed by atoms with Crippen molar-refractivity contribution in [2.45, 2.75) is 19.4 Å². The quantitative estimate of drug-likeness (QED) is 0.691. The Morgan fingerprint density at radius 3 is 2.88 bits per heavy atom. The van der Waals surface area contributed by atoms with Gasteiger partial charge in [-0.25, -0.2) is 9.97 Å². The molecule has 2 N–H and O–H groups in total. The first-order chi connectivity index (χ1) is 11.9. The molecule has 0 aliphatic carbocycles. The smallest absolute Gasteiger partial charge is 0.323 e.